The molecule has 14 heavy (non-hydrogen) atoms. The lowest BCUT2D eigenvalue weighted by Gasteiger charge is -2.37. The summed E-state index contributed by atoms with van der Waals surface area (Å²) in [6, 6.07) is 0. The minimum absolute atomic E-state index is 0.499. The van der Waals surface area contributed by atoms with Gasteiger partial charge >= 0.3 is 0 Å². The number of hydrogen-bond acceptors (Lipinski definition) is 3. The van der Waals surface area contributed by atoms with Crippen LogP contribution in [0.25, 0.3) is 0 Å². The van der Waals surface area contributed by atoms with E-state index in [-0.39, 0.29) is 0 Å². The second-order valence-electron chi connectivity index (χ2n) is 4.71. The van der Waals surface area contributed by atoms with Crippen LogP contribution < -0.4 is 4.90 Å². The van der Waals surface area contributed by atoms with Crippen LogP contribution in [0.1, 0.15) is 26.7 Å². The van der Waals surface area contributed by atoms with Crippen molar-refractivity contribution in [2.24, 2.45) is 5.41 Å². The van der Waals surface area contributed by atoms with Gasteiger partial charge in [0.25, 0.3) is 0 Å². The van der Waals surface area contributed by atoms with Crippen LogP contribution in [0.5, 0.6) is 0 Å². The summed E-state index contributed by atoms with van der Waals surface area (Å²) in [4.78, 5) is 10.7. The third-order valence-corrected chi connectivity index (χ3v) is 2.99. The van der Waals surface area contributed by atoms with Gasteiger partial charge in [0, 0.05) is 25.5 Å². The van der Waals surface area contributed by atoms with E-state index in [1.807, 2.05) is 6.20 Å². The molecule has 0 N–H and O–H groups in total. The van der Waals surface area contributed by atoms with Crippen LogP contribution >= 0.6 is 0 Å². The maximum Gasteiger partial charge on any atom is 0.147 e. The van der Waals surface area contributed by atoms with Crippen molar-refractivity contribution in [2.75, 3.05) is 18.0 Å². The Morgan fingerprint density at radius 3 is 2.50 bits per heavy atom. The van der Waals surface area contributed by atoms with Gasteiger partial charge in [-0.15, -0.1) is 0 Å². The van der Waals surface area contributed by atoms with E-state index in [2.05, 4.69) is 28.7 Å². The molecule has 1 aromatic rings. The van der Waals surface area contributed by atoms with Gasteiger partial charge in [-0.2, -0.15) is 0 Å². The highest BCUT2D eigenvalue weighted by molar-refractivity contribution is 5.35. The quantitative estimate of drug-likeness (QED) is 0.680. The lowest BCUT2D eigenvalue weighted by molar-refractivity contribution is 0.279. The zero-order valence-electron chi connectivity index (χ0n) is 8.90. The molecule has 0 aromatic carbocycles. The molecule has 1 aliphatic rings. The van der Waals surface area contributed by atoms with Gasteiger partial charge in [0.15, 0.2) is 0 Å². The van der Waals surface area contributed by atoms with E-state index in [1.165, 1.54) is 12.8 Å². The molecule has 1 fully saturated rings. The second-order valence-corrected chi connectivity index (χ2v) is 4.71. The Morgan fingerprint density at radius 2 is 1.93 bits per heavy atom. The molecule has 0 spiro atoms. The molecule has 1 aromatic heterocycles. The Labute approximate surface area is 85.2 Å². The van der Waals surface area contributed by atoms with Gasteiger partial charge in [0.1, 0.15) is 5.82 Å². The maximum absolute atomic E-state index is 4.31. The molecule has 0 unspecified atom stereocenters. The highest BCUT2D eigenvalue weighted by Crippen LogP contribution is 2.31. The minimum atomic E-state index is 0.499. The summed E-state index contributed by atoms with van der Waals surface area (Å²) < 4.78 is 0. The van der Waals surface area contributed by atoms with Gasteiger partial charge in [-0.3, -0.25) is 4.98 Å². The molecular weight excluding hydrogens is 174 g/mol. The Kier molecular flexibility index (Phi) is 2.40. The van der Waals surface area contributed by atoms with E-state index >= 15 is 0 Å². The van der Waals surface area contributed by atoms with Gasteiger partial charge in [0.05, 0.1) is 6.20 Å². The summed E-state index contributed by atoms with van der Waals surface area (Å²) in [5.74, 6) is 1.02. The van der Waals surface area contributed by atoms with Crippen molar-refractivity contribution in [2.45, 2.75) is 26.7 Å². The first-order chi connectivity index (χ1) is 6.67. The maximum atomic E-state index is 4.31. The number of anilines is 1. The molecule has 0 saturated carbocycles. The van der Waals surface area contributed by atoms with E-state index in [9.17, 15) is 0 Å². The highest BCUT2D eigenvalue weighted by atomic mass is 15.2. The van der Waals surface area contributed by atoms with Gasteiger partial charge < -0.3 is 4.90 Å². The van der Waals surface area contributed by atoms with Crippen LogP contribution in [0.15, 0.2) is 18.6 Å². The fraction of sp³-hybridized carbons (Fsp3) is 0.636. The van der Waals surface area contributed by atoms with Crippen molar-refractivity contribution in [1.82, 2.24) is 9.97 Å². The van der Waals surface area contributed by atoms with Gasteiger partial charge in [-0.05, 0) is 18.3 Å². The molecular formula is C11H17N3. The Bertz CT molecular complexity index is 285. The standard InChI is InChI=1S/C11H17N3/c1-11(2)3-7-14(8-4-11)10-9-12-5-6-13-10/h5-6,9H,3-4,7-8H2,1-2H3. The topological polar surface area (TPSA) is 29.0 Å². The van der Waals surface area contributed by atoms with Crippen LogP contribution in [-0.2, 0) is 0 Å². The summed E-state index contributed by atoms with van der Waals surface area (Å²) >= 11 is 0. The lowest BCUT2D eigenvalue weighted by atomic mass is 9.83. The summed E-state index contributed by atoms with van der Waals surface area (Å²) in [6.07, 6.45) is 7.80. The van der Waals surface area contributed by atoms with E-state index < -0.39 is 0 Å². The van der Waals surface area contributed by atoms with E-state index in [0.717, 1.165) is 18.9 Å². The Balaban J connectivity index is 2.03. The van der Waals surface area contributed by atoms with Crippen molar-refractivity contribution in [1.29, 1.82) is 0 Å². The van der Waals surface area contributed by atoms with Crippen LogP contribution in [0.4, 0.5) is 5.82 Å². The molecule has 0 radical (unpaired) electrons. The molecule has 0 aliphatic carbocycles. The smallest absolute Gasteiger partial charge is 0.147 e. The molecule has 2 rings (SSSR count). The van der Waals surface area contributed by atoms with Crippen molar-refractivity contribution in [3.8, 4) is 0 Å². The van der Waals surface area contributed by atoms with Crippen molar-refractivity contribution < 1.29 is 0 Å². The van der Waals surface area contributed by atoms with Crippen molar-refractivity contribution in [3.63, 3.8) is 0 Å². The fourth-order valence-electron chi connectivity index (χ4n) is 1.80. The highest BCUT2D eigenvalue weighted by Gasteiger charge is 2.25. The minimum Gasteiger partial charge on any atom is -0.355 e. The zero-order valence-corrected chi connectivity index (χ0v) is 8.90. The largest absolute Gasteiger partial charge is 0.355 e. The van der Waals surface area contributed by atoms with Gasteiger partial charge in [-0.25, -0.2) is 4.98 Å². The molecule has 76 valence electrons. The van der Waals surface area contributed by atoms with Crippen molar-refractivity contribution in [3.05, 3.63) is 18.6 Å². The predicted molar refractivity (Wildman–Crippen MR) is 57.3 cm³/mol. The number of aromatic nitrogens is 2. The van der Waals surface area contributed by atoms with Gasteiger partial charge in [-0.1, -0.05) is 13.8 Å². The molecule has 2 heterocycles. The van der Waals surface area contributed by atoms with Crippen molar-refractivity contribution >= 4 is 5.82 Å². The molecule has 1 aliphatic heterocycles. The molecule has 0 atom stereocenters. The Morgan fingerprint density at radius 1 is 1.21 bits per heavy atom. The van der Waals surface area contributed by atoms with Crippen LogP contribution in [0.2, 0.25) is 0 Å². The second kappa shape index (κ2) is 3.56. The number of piperidine rings is 1. The summed E-state index contributed by atoms with van der Waals surface area (Å²) in [5, 5.41) is 0. The van der Waals surface area contributed by atoms with E-state index in [0.29, 0.717) is 5.41 Å². The fourth-order valence-corrected chi connectivity index (χ4v) is 1.80. The zero-order chi connectivity index (χ0) is 10.0. The number of nitrogens with zero attached hydrogens (tertiary/aromatic N) is 3. The first-order valence-corrected chi connectivity index (χ1v) is 5.18. The summed E-state index contributed by atoms with van der Waals surface area (Å²) in [6.45, 7) is 6.87. The van der Waals surface area contributed by atoms with E-state index in [4.69, 9.17) is 0 Å². The average molecular weight is 191 g/mol. The molecule has 3 nitrogen and oxygen atoms in total. The van der Waals surface area contributed by atoms with Crippen LogP contribution in [-0.4, -0.2) is 23.1 Å². The number of rotatable bonds is 1. The number of hydrogen-bond donors (Lipinski definition) is 0. The molecule has 0 amide bonds. The Hall–Kier alpha value is -1.12. The lowest BCUT2D eigenvalue weighted by Crippen LogP contribution is -2.37. The third kappa shape index (κ3) is 2.03. The first-order valence-electron chi connectivity index (χ1n) is 5.18. The van der Waals surface area contributed by atoms with E-state index in [1.54, 1.807) is 12.4 Å². The van der Waals surface area contributed by atoms with Crippen LogP contribution in [0.3, 0.4) is 0 Å². The molecule has 3 heteroatoms. The third-order valence-electron chi connectivity index (χ3n) is 2.99. The average Bonchev–Trinajstić information content (AvgIpc) is 2.19. The molecule has 0 bridgehead atoms. The van der Waals surface area contributed by atoms with Crippen LogP contribution in [0, 0.1) is 5.41 Å². The van der Waals surface area contributed by atoms with Gasteiger partial charge in [0.2, 0.25) is 0 Å². The SMILES string of the molecule is CC1(C)CCN(c2cnccn2)CC1. The first kappa shape index (κ1) is 9.44. The summed E-state index contributed by atoms with van der Waals surface area (Å²) in [7, 11) is 0. The molecule has 1 saturated heterocycles. The predicted octanol–water partition coefficient (Wildman–Crippen LogP) is 2.10. The summed E-state index contributed by atoms with van der Waals surface area (Å²) in [5.41, 5.74) is 0.499. The monoisotopic (exact) mass is 191 g/mol. The normalized spacial score (nSPS) is 20.9.